The number of aliphatic imine (C=N–C) groups is 1. The molecule has 3 rings (SSSR count). The Balaban J connectivity index is 1.84. The van der Waals surface area contributed by atoms with Crippen LogP contribution in [-0.4, -0.2) is 71.6 Å². The second kappa shape index (κ2) is 12.3. The van der Waals surface area contributed by atoms with E-state index in [-0.39, 0.29) is 23.9 Å². The number of halogens is 1. The third-order valence-electron chi connectivity index (χ3n) is 5.36. The van der Waals surface area contributed by atoms with Crippen LogP contribution in [0.3, 0.4) is 0 Å². The van der Waals surface area contributed by atoms with Crippen LogP contribution in [0.15, 0.2) is 64.9 Å². The van der Waals surface area contributed by atoms with Crippen molar-refractivity contribution in [3.05, 3.63) is 54.8 Å². The molecule has 0 bridgehead atoms. The minimum atomic E-state index is -4.34. The van der Waals surface area contributed by atoms with Crippen molar-refractivity contribution in [3.8, 4) is 11.8 Å². The molecule has 1 saturated heterocycles. The number of nitrogens with two attached hydrogens (primary N) is 1. The number of nitriles is 1. The molecule has 2 heterocycles. The number of ether oxygens (including phenoxy) is 2. The van der Waals surface area contributed by atoms with E-state index < -0.39 is 50.5 Å². The van der Waals surface area contributed by atoms with Crippen molar-refractivity contribution in [1.29, 1.82) is 5.26 Å². The van der Waals surface area contributed by atoms with E-state index in [9.17, 15) is 19.7 Å². The fraction of sp³-hybridized carbons (Fsp3) is 0.391. The molecule has 1 unspecified atom stereocenters. The molecule has 2 aliphatic rings. The van der Waals surface area contributed by atoms with Crippen molar-refractivity contribution < 1.29 is 37.4 Å². The number of amidine groups is 1. The maximum absolute atomic E-state index is 15.5. The van der Waals surface area contributed by atoms with Crippen molar-refractivity contribution in [2.24, 2.45) is 15.8 Å². The number of nitrogens with zero attached hydrogens (tertiary/aromatic N) is 4. The van der Waals surface area contributed by atoms with E-state index in [0.717, 1.165) is 11.3 Å². The third-order valence-corrected chi connectivity index (χ3v) is 7.00. The van der Waals surface area contributed by atoms with Crippen molar-refractivity contribution in [2.75, 3.05) is 13.2 Å². The van der Waals surface area contributed by atoms with Gasteiger partial charge >= 0.3 is 13.7 Å². The summed E-state index contributed by atoms with van der Waals surface area (Å²) in [6.45, 7) is 5.92. The number of alkyl halides is 1. The molecule has 2 aliphatic heterocycles. The topological polar surface area (TPSA) is 181 Å². The van der Waals surface area contributed by atoms with E-state index in [1.165, 1.54) is 31.2 Å². The fourth-order valence-electron chi connectivity index (χ4n) is 3.57. The third kappa shape index (κ3) is 6.09. The van der Waals surface area contributed by atoms with E-state index in [2.05, 4.69) is 21.8 Å². The molecule has 0 aliphatic carbocycles. The Kier molecular flexibility index (Phi) is 9.37. The Bertz CT molecular complexity index is 1210. The zero-order valence-electron chi connectivity index (χ0n) is 20.6. The SMILES string of the molecule is C=C/C=C1/C(N)=NC=NN1[C@]1(C#N)O[C@H](COP(=O)(N[C@@H](C)C(=O)OCC)Oc2ccccc2)[C@@H](O)[C@H]1F. The maximum atomic E-state index is 15.5. The van der Waals surface area contributed by atoms with Gasteiger partial charge in [0.2, 0.25) is 0 Å². The number of carbonyl (C=O) groups excluding carboxylic acids is 1. The molecule has 0 aromatic heterocycles. The number of hydrogen-bond acceptors (Lipinski definition) is 12. The largest absolute Gasteiger partial charge is 0.465 e. The molecule has 1 aromatic carbocycles. The van der Waals surface area contributed by atoms with Crippen LogP contribution in [0.2, 0.25) is 0 Å². The molecule has 6 atom stereocenters. The summed E-state index contributed by atoms with van der Waals surface area (Å²) >= 11 is 0. The number of para-hydroxylation sites is 1. The van der Waals surface area contributed by atoms with E-state index in [4.69, 9.17) is 24.3 Å². The highest BCUT2D eigenvalue weighted by Gasteiger charge is 2.61. The van der Waals surface area contributed by atoms with Gasteiger partial charge in [-0.05, 0) is 32.1 Å². The number of hydrazone groups is 1. The van der Waals surface area contributed by atoms with Crippen LogP contribution < -0.4 is 15.3 Å². The Hall–Kier alpha value is -3.60. The van der Waals surface area contributed by atoms with Gasteiger partial charge < -0.3 is 24.8 Å². The highest BCUT2D eigenvalue weighted by atomic mass is 31.2. The van der Waals surface area contributed by atoms with Crippen molar-refractivity contribution in [3.63, 3.8) is 0 Å². The van der Waals surface area contributed by atoms with Gasteiger partial charge in [0.1, 0.15) is 42.1 Å². The van der Waals surface area contributed by atoms with Gasteiger partial charge in [-0.15, -0.1) is 0 Å². The predicted octanol–water partition coefficient (Wildman–Crippen LogP) is 1.73. The molecular weight excluding hydrogens is 522 g/mol. The number of aliphatic hydroxyl groups is 1. The molecule has 0 spiro atoms. The fourth-order valence-corrected chi connectivity index (χ4v) is 5.07. The molecule has 204 valence electrons. The number of rotatable bonds is 11. The predicted molar refractivity (Wildman–Crippen MR) is 134 cm³/mol. The van der Waals surface area contributed by atoms with Gasteiger partial charge in [0.15, 0.2) is 12.0 Å². The number of carbonyl (C=O) groups is 1. The van der Waals surface area contributed by atoms with Crippen molar-refractivity contribution in [1.82, 2.24) is 10.1 Å². The first-order valence-electron chi connectivity index (χ1n) is 11.4. The molecule has 0 radical (unpaired) electrons. The average Bonchev–Trinajstić information content (AvgIpc) is 3.15. The lowest BCUT2D eigenvalue weighted by Gasteiger charge is -2.35. The quantitative estimate of drug-likeness (QED) is 0.270. The average molecular weight is 550 g/mol. The van der Waals surface area contributed by atoms with Crippen LogP contribution in [0.25, 0.3) is 0 Å². The zero-order valence-corrected chi connectivity index (χ0v) is 21.5. The Morgan fingerprint density at radius 1 is 1.50 bits per heavy atom. The van der Waals surface area contributed by atoms with Gasteiger partial charge in [-0.1, -0.05) is 30.9 Å². The van der Waals surface area contributed by atoms with Gasteiger partial charge in [-0.3, -0.25) is 9.32 Å². The second-order valence-corrected chi connectivity index (χ2v) is 9.70. The second-order valence-electron chi connectivity index (χ2n) is 8.00. The number of esters is 1. The Morgan fingerprint density at radius 2 is 2.21 bits per heavy atom. The maximum Gasteiger partial charge on any atom is 0.459 e. The van der Waals surface area contributed by atoms with E-state index in [1.54, 1.807) is 31.2 Å². The smallest absolute Gasteiger partial charge is 0.459 e. The first-order chi connectivity index (χ1) is 18.1. The summed E-state index contributed by atoms with van der Waals surface area (Å²) in [5, 5.41) is 27.8. The monoisotopic (exact) mass is 550 g/mol. The molecule has 0 amide bonds. The molecular formula is C23H28FN6O7P. The molecule has 38 heavy (non-hydrogen) atoms. The molecule has 13 nitrogen and oxygen atoms in total. The molecule has 1 fully saturated rings. The lowest BCUT2D eigenvalue weighted by Crippen LogP contribution is -2.54. The number of benzene rings is 1. The Morgan fingerprint density at radius 3 is 2.84 bits per heavy atom. The van der Waals surface area contributed by atoms with Crippen LogP contribution in [0.4, 0.5) is 4.39 Å². The number of aliphatic hydroxyl groups excluding tert-OH is 1. The van der Waals surface area contributed by atoms with Gasteiger partial charge in [-0.2, -0.15) is 15.5 Å². The summed E-state index contributed by atoms with van der Waals surface area (Å²) in [4.78, 5) is 15.9. The highest BCUT2D eigenvalue weighted by molar-refractivity contribution is 7.52. The number of hydrogen-bond donors (Lipinski definition) is 3. The van der Waals surface area contributed by atoms with Gasteiger partial charge in [0, 0.05) is 0 Å². The molecule has 0 saturated carbocycles. The summed E-state index contributed by atoms with van der Waals surface area (Å²) in [6, 6.07) is 8.52. The summed E-state index contributed by atoms with van der Waals surface area (Å²) in [5.74, 6) is -0.683. The molecule has 15 heteroatoms. The van der Waals surface area contributed by atoms with Crippen LogP contribution in [0, 0.1) is 11.3 Å². The molecule has 1 aromatic rings. The summed E-state index contributed by atoms with van der Waals surface area (Å²) < 4.78 is 50.7. The number of allylic oxidation sites excluding steroid dienone is 2. The highest BCUT2D eigenvalue weighted by Crippen LogP contribution is 2.47. The van der Waals surface area contributed by atoms with Crippen LogP contribution in [0.5, 0.6) is 5.75 Å². The lowest BCUT2D eigenvalue weighted by molar-refractivity contribution is -0.144. The number of nitrogens with one attached hydrogen (secondary N) is 1. The van der Waals surface area contributed by atoms with E-state index >= 15 is 4.39 Å². The standard InChI is InChI=1S/C23H28FN6O7P/c1-4-9-17-21(26)27-14-28-30(17)23(13-25)20(24)19(31)18(36-23)12-35-38(33,29-15(3)22(32)34-5-2)37-16-10-7-6-8-11-16/h4,6-11,14-15,18-20,31H,1,5,12H2,2-3H3,(H,29,33)(H2,26,27,28)/b17-9-/t15-,18+,19+,20+,23+,38?/m0/s1. The summed E-state index contributed by atoms with van der Waals surface area (Å²) in [6.07, 6.45) is -2.12. The van der Waals surface area contributed by atoms with E-state index in [1.807, 2.05) is 0 Å². The first kappa shape index (κ1) is 29.0. The minimum absolute atomic E-state index is 0.00322. The van der Waals surface area contributed by atoms with Crippen molar-refractivity contribution >= 4 is 25.9 Å². The lowest BCUT2D eigenvalue weighted by atomic mass is 10.0. The summed E-state index contributed by atoms with van der Waals surface area (Å²) in [5.41, 5.74) is 3.39. The van der Waals surface area contributed by atoms with Gasteiger partial charge in [0.05, 0.1) is 13.2 Å². The molecule has 4 N–H and O–H groups in total. The summed E-state index contributed by atoms with van der Waals surface area (Å²) in [7, 11) is -4.34. The van der Waals surface area contributed by atoms with Crippen LogP contribution >= 0.6 is 7.75 Å². The van der Waals surface area contributed by atoms with Gasteiger partial charge in [-0.25, -0.2) is 19.0 Å². The minimum Gasteiger partial charge on any atom is -0.465 e. The normalized spacial score (nSPS) is 28.2. The van der Waals surface area contributed by atoms with Crippen LogP contribution in [0.1, 0.15) is 13.8 Å². The zero-order chi connectivity index (χ0) is 27.9. The first-order valence-corrected chi connectivity index (χ1v) is 13.0. The van der Waals surface area contributed by atoms with E-state index in [0.29, 0.717) is 0 Å². The van der Waals surface area contributed by atoms with Crippen LogP contribution in [-0.2, 0) is 23.4 Å². The Labute approximate surface area is 218 Å². The van der Waals surface area contributed by atoms with Gasteiger partial charge in [0.25, 0.3) is 5.72 Å². The van der Waals surface area contributed by atoms with Crippen molar-refractivity contribution in [2.45, 2.75) is 44.0 Å².